The molecule has 1 fully saturated rings. The summed E-state index contributed by atoms with van der Waals surface area (Å²) >= 11 is 0. The lowest BCUT2D eigenvalue weighted by Crippen LogP contribution is -2.27. The first-order valence-electron chi connectivity index (χ1n) is 9.35. The Kier molecular flexibility index (Phi) is 5.68. The van der Waals surface area contributed by atoms with Crippen LogP contribution in [0.2, 0.25) is 0 Å². The highest BCUT2D eigenvalue weighted by Gasteiger charge is 2.24. The molecule has 0 saturated carbocycles. The number of rotatable bonds is 4. The Hall–Kier alpha value is -1.67. The van der Waals surface area contributed by atoms with Crippen LogP contribution in [0.15, 0.2) is 42.6 Å². The van der Waals surface area contributed by atoms with Crippen molar-refractivity contribution in [2.45, 2.75) is 52.5 Å². The second-order valence-corrected chi connectivity index (χ2v) is 7.62. The van der Waals surface area contributed by atoms with Crippen molar-refractivity contribution in [3.63, 3.8) is 0 Å². The monoisotopic (exact) mass is 322 g/mol. The Bertz CT molecular complexity index is 630. The van der Waals surface area contributed by atoms with Gasteiger partial charge < -0.3 is 5.32 Å². The Balaban J connectivity index is 1.61. The number of nitrogens with one attached hydrogen (secondary N) is 1. The first-order chi connectivity index (χ1) is 11.6. The predicted octanol–water partition coefficient (Wildman–Crippen LogP) is 4.87. The van der Waals surface area contributed by atoms with Gasteiger partial charge in [-0.1, -0.05) is 49.7 Å². The van der Waals surface area contributed by atoms with E-state index in [4.69, 9.17) is 4.98 Å². The predicted molar refractivity (Wildman–Crippen MR) is 101 cm³/mol. The van der Waals surface area contributed by atoms with Gasteiger partial charge in [0.05, 0.1) is 11.7 Å². The number of pyridine rings is 1. The molecule has 1 N–H and O–H groups in total. The third kappa shape index (κ3) is 4.45. The Morgan fingerprint density at radius 2 is 1.67 bits per heavy atom. The van der Waals surface area contributed by atoms with Crippen molar-refractivity contribution in [2.75, 3.05) is 6.54 Å². The van der Waals surface area contributed by atoms with E-state index in [-0.39, 0.29) is 0 Å². The van der Waals surface area contributed by atoms with Gasteiger partial charge in [0, 0.05) is 6.20 Å². The van der Waals surface area contributed by atoms with Crippen molar-refractivity contribution in [1.82, 2.24) is 10.3 Å². The largest absolute Gasteiger partial charge is 0.308 e. The highest BCUT2D eigenvalue weighted by Crippen LogP contribution is 2.29. The van der Waals surface area contributed by atoms with Gasteiger partial charge in [0.25, 0.3) is 0 Å². The van der Waals surface area contributed by atoms with E-state index >= 15 is 0 Å². The minimum atomic E-state index is 0.404. The number of hydrogen-bond donors (Lipinski definition) is 1. The van der Waals surface area contributed by atoms with Crippen molar-refractivity contribution in [3.8, 4) is 0 Å². The Labute approximate surface area is 146 Å². The summed E-state index contributed by atoms with van der Waals surface area (Å²) in [6, 6.07) is 13.7. The third-order valence-electron chi connectivity index (χ3n) is 5.36. The zero-order valence-electron chi connectivity index (χ0n) is 15.3. The quantitative estimate of drug-likeness (QED) is 0.868. The van der Waals surface area contributed by atoms with Gasteiger partial charge in [0.2, 0.25) is 0 Å². The molecule has 128 valence electrons. The van der Waals surface area contributed by atoms with E-state index in [1.807, 2.05) is 0 Å². The fourth-order valence-corrected chi connectivity index (χ4v) is 3.55. The van der Waals surface area contributed by atoms with Crippen LogP contribution in [0.1, 0.15) is 55.1 Å². The first-order valence-corrected chi connectivity index (χ1v) is 9.35. The van der Waals surface area contributed by atoms with E-state index in [1.54, 1.807) is 0 Å². The fraction of sp³-hybridized carbons (Fsp3) is 0.500. The maximum absolute atomic E-state index is 4.78. The molecule has 1 aromatic heterocycles. The SMILES string of the molecule is Cc1ccc(CCc2ccc(C3NCC(C)CCC3C)nc2)cc1. The summed E-state index contributed by atoms with van der Waals surface area (Å²) in [6.07, 6.45) is 6.82. The van der Waals surface area contributed by atoms with Gasteiger partial charge in [0.1, 0.15) is 0 Å². The second kappa shape index (κ2) is 7.94. The molecule has 2 heterocycles. The zero-order valence-corrected chi connectivity index (χ0v) is 15.3. The summed E-state index contributed by atoms with van der Waals surface area (Å²) in [7, 11) is 0. The normalized spacial score (nSPS) is 24.5. The van der Waals surface area contributed by atoms with Crippen LogP contribution >= 0.6 is 0 Å². The van der Waals surface area contributed by atoms with Gasteiger partial charge in [-0.05, 0) is 68.2 Å². The lowest BCUT2D eigenvalue weighted by Gasteiger charge is -2.22. The van der Waals surface area contributed by atoms with E-state index in [0.717, 1.165) is 25.3 Å². The van der Waals surface area contributed by atoms with Crippen LogP contribution in [0.3, 0.4) is 0 Å². The number of hydrogen-bond acceptors (Lipinski definition) is 2. The van der Waals surface area contributed by atoms with E-state index in [2.05, 4.69) is 68.7 Å². The molecule has 3 unspecified atom stereocenters. The maximum atomic E-state index is 4.78. The molecule has 1 aliphatic rings. The van der Waals surface area contributed by atoms with Gasteiger partial charge in [-0.3, -0.25) is 4.98 Å². The average molecular weight is 322 g/mol. The summed E-state index contributed by atoms with van der Waals surface area (Å²) in [5.74, 6) is 1.42. The van der Waals surface area contributed by atoms with Crippen LogP contribution in [-0.4, -0.2) is 11.5 Å². The smallest absolute Gasteiger partial charge is 0.0576 e. The highest BCUT2D eigenvalue weighted by molar-refractivity contribution is 5.23. The van der Waals surface area contributed by atoms with Gasteiger partial charge in [-0.15, -0.1) is 0 Å². The molecule has 0 radical (unpaired) electrons. The minimum absolute atomic E-state index is 0.404. The van der Waals surface area contributed by atoms with E-state index in [0.29, 0.717) is 12.0 Å². The lowest BCUT2D eigenvalue weighted by atomic mass is 9.93. The fourth-order valence-electron chi connectivity index (χ4n) is 3.55. The molecule has 0 spiro atoms. The van der Waals surface area contributed by atoms with Gasteiger partial charge in [-0.2, -0.15) is 0 Å². The molecule has 24 heavy (non-hydrogen) atoms. The van der Waals surface area contributed by atoms with E-state index in [1.165, 1.54) is 35.2 Å². The summed E-state index contributed by atoms with van der Waals surface area (Å²) < 4.78 is 0. The van der Waals surface area contributed by atoms with Crippen LogP contribution in [0.4, 0.5) is 0 Å². The van der Waals surface area contributed by atoms with Crippen LogP contribution in [0.5, 0.6) is 0 Å². The number of nitrogens with zero attached hydrogens (tertiary/aromatic N) is 1. The zero-order chi connectivity index (χ0) is 16.9. The minimum Gasteiger partial charge on any atom is -0.308 e. The third-order valence-corrected chi connectivity index (χ3v) is 5.36. The van der Waals surface area contributed by atoms with E-state index in [9.17, 15) is 0 Å². The van der Waals surface area contributed by atoms with Gasteiger partial charge in [-0.25, -0.2) is 0 Å². The Morgan fingerprint density at radius 1 is 0.958 bits per heavy atom. The standard InChI is InChI=1S/C22H30N2/c1-16-5-8-19(9-6-16)10-11-20-12-13-21(23-15-20)22-18(3)7-4-17(2)14-24-22/h5-6,8-9,12-13,15,17-18,22,24H,4,7,10-11,14H2,1-3H3. The number of aromatic nitrogens is 1. The van der Waals surface area contributed by atoms with Crippen LogP contribution < -0.4 is 5.32 Å². The second-order valence-electron chi connectivity index (χ2n) is 7.62. The molecule has 0 bridgehead atoms. The van der Waals surface area contributed by atoms with Crippen molar-refractivity contribution < 1.29 is 0 Å². The van der Waals surface area contributed by atoms with Gasteiger partial charge in [0.15, 0.2) is 0 Å². The first kappa shape index (κ1) is 17.2. The average Bonchev–Trinajstić information content (AvgIpc) is 2.76. The molecule has 2 heteroatoms. The number of aryl methyl sites for hydroxylation is 3. The van der Waals surface area contributed by atoms with Crippen LogP contribution in [0.25, 0.3) is 0 Å². The van der Waals surface area contributed by atoms with Crippen molar-refractivity contribution in [2.24, 2.45) is 11.8 Å². The summed E-state index contributed by atoms with van der Waals surface area (Å²) in [5, 5.41) is 3.72. The van der Waals surface area contributed by atoms with E-state index < -0.39 is 0 Å². The van der Waals surface area contributed by atoms with Gasteiger partial charge >= 0.3 is 0 Å². The summed E-state index contributed by atoms with van der Waals surface area (Å²) in [6.45, 7) is 7.92. The van der Waals surface area contributed by atoms with Crippen LogP contribution in [-0.2, 0) is 12.8 Å². The highest BCUT2D eigenvalue weighted by atomic mass is 15.0. The maximum Gasteiger partial charge on any atom is 0.0576 e. The Morgan fingerprint density at radius 3 is 2.38 bits per heavy atom. The van der Waals surface area contributed by atoms with Crippen LogP contribution in [0, 0.1) is 18.8 Å². The lowest BCUT2D eigenvalue weighted by molar-refractivity contribution is 0.392. The summed E-state index contributed by atoms with van der Waals surface area (Å²) in [5.41, 5.74) is 5.26. The molecule has 3 atom stereocenters. The molecular formula is C22H30N2. The van der Waals surface area contributed by atoms with Crippen molar-refractivity contribution in [1.29, 1.82) is 0 Å². The van der Waals surface area contributed by atoms with Crippen molar-refractivity contribution >= 4 is 0 Å². The van der Waals surface area contributed by atoms with Crippen molar-refractivity contribution in [3.05, 3.63) is 65.0 Å². The molecule has 2 aromatic rings. The molecular weight excluding hydrogens is 292 g/mol. The molecule has 1 aliphatic heterocycles. The number of benzene rings is 1. The summed E-state index contributed by atoms with van der Waals surface area (Å²) in [4.78, 5) is 4.78. The molecule has 3 rings (SSSR count). The molecule has 0 aliphatic carbocycles. The molecule has 2 nitrogen and oxygen atoms in total. The molecule has 0 amide bonds. The molecule has 1 aromatic carbocycles. The topological polar surface area (TPSA) is 24.9 Å². The molecule has 1 saturated heterocycles.